The molecule has 0 amide bonds. The summed E-state index contributed by atoms with van der Waals surface area (Å²) in [6, 6.07) is 3.74. The molecule has 1 aliphatic heterocycles. The van der Waals surface area contributed by atoms with Gasteiger partial charge in [0.05, 0.1) is 28.4 Å². The van der Waals surface area contributed by atoms with Gasteiger partial charge in [0.1, 0.15) is 0 Å². The third-order valence-electron chi connectivity index (χ3n) is 5.57. The quantitative estimate of drug-likeness (QED) is 0.423. The zero-order valence-corrected chi connectivity index (χ0v) is 19.9. The third-order valence-corrected chi connectivity index (χ3v) is 6.66. The molecular formula is C23H35N3O3S. The summed E-state index contributed by atoms with van der Waals surface area (Å²) in [5.74, 6) is 1.45. The highest BCUT2D eigenvalue weighted by Gasteiger charge is 2.36. The topological polar surface area (TPSA) is 68.0 Å². The Bertz CT molecular complexity index is 817. The molecule has 30 heavy (non-hydrogen) atoms. The summed E-state index contributed by atoms with van der Waals surface area (Å²) in [6.07, 6.45) is 3.80. The standard InChI is InChI=1S/C23H35N3O3S/c1-15(2)13-25-21(16(3)29-23(4,5)6)14-30-22(25)24-19-11-12-20(26(27)28)18-10-8-7-9-17(18)19/h11-12,15-16,21H,7-10,13-14H2,1-6H3/t16-,21+/m1/s1. The third kappa shape index (κ3) is 5.35. The second-order valence-corrected chi connectivity index (χ2v) is 10.8. The molecule has 6 nitrogen and oxygen atoms in total. The van der Waals surface area contributed by atoms with Gasteiger partial charge >= 0.3 is 0 Å². The van der Waals surface area contributed by atoms with E-state index in [4.69, 9.17) is 9.73 Å². The SMILES string of the molecule is CC(C)CN1C(=Nc2ccc([N+](=O)[O-])c3c2CCCC3)SC[C@H]1[C@@H](C)OC(C)(C)C. The Kier molecular flexibility index (Phi) is 7.13. The summed E-state index contributed by atoms with van der Waals surface area (Å²) in [5.41, 5.74) is 2.90. The molecule has 1 aliphatic carbocycles. The van der Waals surface area contributed by atoms with Crippen molar-refractivity contribution in [2.24, 2.45) is 10.9 Å². The molecule has 0 saturated carbocycles. The summed E-state index contributed by atoms with van der Waals surface area (Å²) < 4.78 is 6.28. The van der Waals surface area contributed by atoms with Crippen LogP contribution >= 0.6 is 11.8 Å². The Morgan fingerprint density at radius 1 is 1.23 bits per heavy atom. The number of nitro benzene ring substituents is 1. The molecule has 1 heterocycles. The fourth-order valence-corrected chi connectivity index (χ4v) is 5.72. The lowest BCUT2D eigenvalue weighted by Crippen LogP contribution is -2.46. The molecule has 166 valence electrons. The molecule has 2 aliphatic rings. The van der Waals surface area contributed by atoms with Crippen molar-refractivity contribution in [1.82, 2.24) is 4.90 Å². The van der Waals surface area contributed by atoms with E-state index in [0.29, 0.717) is 5.92 Å². The first kappa shape index (κ1) is 23.1. The Morgan fingerprint density at radius 3 is 2.50 bits per heavy atom. The first-order chi connectivity index (χ1) is 14.1. The van der Waals surface area contributed by atoms with Crippen molar-refractivity contribution in [1.29, 1.82) is 0 Å². The molecule has 7 heteroatoms. The molecule has 0 radical (unpaired) electrons. The summed E-state index contributed by atoms with van der Waals surface area (Å²) in [6.45, 7) is 13.8. The van der Waals surface area contributed by atoms with Gasteiger partial charge in [0.25, 0.3) is 5.69 Å². The monoisotopic (exact) mass is 433 g/mol. The van der Waals surface area contributed by atoms with Gasteiger partial charge in [0.2, 0.25) is 0 Å². The van der Waals surface area contributed by atoms with Gasteiger partial charge in [-0.15, -0.1) is 0 Å². The fourth-order valence-electron chi connectivity index (χ4n) is 4.41. The van der Waals surface area contributed by atoms with Crippen LogP contribution in [0.25, 0.3) is 0 Å². The van der Waals surface area contributed by atoms with Crippen LogP contribution in [0.3, 0.4) is 0 Å². The maximum Gasteiger partial charge on any atom is 0.273 e. The summed E-state index contributed by atoms with van der Waals surface area (Å²) >= 11 is 1.77. The normalized spacial score (nSPS) is 21.9. The molecule has 0 spiro atoms. The van der Waals surface area contributed by atoms with E-state index < -0.39 is 0 Å². The van der Waals surface area contributed by atoms with Crippen LogP contribution in [-0.2, 0) is 17.6 Å². The maximum atomic E-state index is 11.5. The average molecular weight is 434 g/mol. The lowest BCUT2D eigenvalue weighted by Gasteiger charge is -2.35. The van der Waals surface area contributed by atoms with Gasteiger partial charge in [0, 0.05) is 23.9 Å². The van der Waals surface area contributed by atoms with Crippen LogP contribution in [0.5, 0.6) is 0 Å². The number of rotatable bonds is 6. The van der Waals surface area contributed by atoms with Gasteiger partial charge in [-0.25, -0.2) is 4.99 Å². The Balaban J connectivity index is 1.95. The maximum absolute atomic E-state index is 11.5. The minimum Gasteiger partial charge on any atom is -0.371 e. The number of thioether (sulfide) groups is 1. The van der Waals surface area contributed by atoms with Crippen LogP contribution in [0.15, 0.2) is 17.1 Å². The van der Waals surface area contributed by atoms with E-state index in [1.54, 1.807) is 17.8 Å². The van der Waals surface area contributed by atoms with Crippen LogP contribution in [-0.4, -0.2) is 45.0 Å². The Labute approximate surface area is 184 Å². The number of fused-ring (bicyclic) bond motifs is 1. The van der Waals surface area contributed by atoms with E-state index in [-0.39, 0.29) is 28.4 Å². The fraction of sp³-hybridized carbons (Fsp3) is 0.696. The molecule has 1 fully saturated rings. The number of amidine groups is 1. The van der Waals surface area contributed by atoms with Gasteiger partial charge in [0.15, 0.2) is 5.17 Å². The van der Waals surface area contributed by atoms with Crippen molar-refractivity contribution in [2.45, 2.75) is 85.0 Å². The highest BCUT2D eigenvalue weighted by molar-refractivity contribution is 8.14. The first-order valence-electron chi connectivity index (χ1n) is 11.0. The summed E-state index contributed by atoms with van der Waals surface area (Å²) in [4.78, 5) is 18.7. The number of hydrogen-bond donors (Lipinski definition) is 0. The minimum absolute atomic E-state index is 0.0923. The molecule has 0 unspecified atom stereocenters. The molecule has 0 bridgehead atoms. The van der Waals surface area contributed by atoms with Crippen molar-refractivity contribution in [3.63, 3.8) is 0 Å². The number of hydrogen-bond acceptors (Lipinski definition) is 5. The molecule has 2 atom stereocenters. The number of benzene rings is 1. The van der Waals surface area contributed by atoms with Crippen molar-refractivity contribution < 1.29 is 9.66 Å². The number of ether oxygens (including phenoxy) is 1. The van der Waals surface area contributed by atoms with Crippen LogP contribution < -0.4 is 0 Å². The molecule has 1 aromatic carbocycles. The van der Waals surface area contributed by atoms with Gasteiger partial charge < -0.3 is 9.64 Å². The summed E-state index contributed by atoms with van der Waals surface area (Å²) in [5, 5.41) is 12.5. The predicted octanol–water partition coefficient (Wildman–Crippen LogP) is 5.74. The first-order valence-corrected chi connectivity index (χ1v) is 12.0. The van der Waals surface area contributed by atoms with Crippen molar-refractivity contribution in [3.05, 3.63) is 33.4 Å². The van der Waals surface area contributed by atoms with E-state index in [2.05, 4.69) is 46.4 Å². The lowest BCUT2D eigenvalue weighted by molar-refractivity contribution is -0.385. The van der Waals surface area contributed by atoms with Gasteiger partial charge in [-0.1, -0.05) is 25.6 Å². The zero-order valence-electron chi connectivity index (χ0n) is 19.1. The molecule has 1 saturated heterocycles. The van der Waals surface area contributed by atoms with Crippen LogP contribution in [0.2, 0.25) is 0 Å². The molecule has 0 aromatic heterocycles. The van der Waals surface area contributed by atoms with E-state index >= 15 is 0 Å². The summed E-state index contributed by atoms with van der Waals surface area (Å²) in [7, 11) is 0. The zero-order chi connectivity index (χ0) is 22.1. The highest BCUT2D eigenvalue weighted by Crippen LogP contribution is 2.38. The predicted molar refractivity (Wildman–Crippen MR) is 125 cm³/mol. The smallest absolute Gasteiger partial charge is 0.273 e. The lowest BCUT2D eigenvalue weighted by atomic mass is 9.89. The molecular weight excluding hydrogens is 398 g/mol. The highest BCUT2D eigenvalue weighted by atomic mass is 32.2. The van der Waals surface area contributed by atoms with Crippen molar-refractivity contribution >= 4 is 28.3 Å². The largest absolute Gasteiger partial charge is 0.371 e. The van der Waals surface area contributed by atoms with Crippen LogP contribution in [0.4, 0.5) is 11.4 Å². The Hall–Kier alpha value is -1.60. The minimum atomic E-state index is -0.252. The van der Waals surface area contributed by atoms with E-state index in [0.717, 1.165) is 60.0 Å². The average Bonchev–Trinajstić information content (AvgIpc) is 3.02. The van der Waals surface area contributed by atoms with E-state index in [1.165, 1.54) is 0 Å². The second kappa shape index (κ2) is 9.27. The number of aliphatic imine (C=N–C) groups is 1. The van der Waals surface area contributed by atoms with Gasteiger partial charge in [-0.3, -0.25) is 10.1 Å². The van der Waals surface area contributed by atoms with Gasteiger partial charge in [-0.2, -0.15) is 0 Å². The Morgan fingerprint density at radius 2 is 1.90 bits per heavy atom. The number of nitro groups is 1. The molecule has 3 rings (SSSR count). The second-order valence-electron chi connectivity index (χ2n) is 9.78. The van der Waals surface area contributed by atoms with Crippen molar-refractivity contribution in [3.8, 4) is 0 Å². The van der Waals surface area contributed by atoms with E-state index in [9.17, 15) is 10.1 Å². The van der Waals surface area contributed by atoms with Crippen LogP contribution in [0.1, 0.15) is 65.5 Å². The van der Waals surface area contributed by atoms with E-state index in [1.807, 2.05) is 6.07 Å². The van der Waals surface area contributed by atoms with Crippen LogP contribution in [0, 0.1) is 16.0 Å². The molecule has 1 aromatic rings. The number of nitrogens with zero attached hydrogens (tertiary/aromatic N) is 3. The van der Waals surface area contributed by atoms with Gasteiger partial charge in [-0.05, 0) is 70.9 Å². The molecule has 0 N–H and O–H groups in total. The van der Waals surface area contributed by atoms with Crippen molar-refractivity contribution in [2.75, 3.05) is 12.3 Å².